The number of benzene rings is 2. The second kappa shape index (κ2) is 7.64. The van der Waals surface area contributed by atoms with Gasteiger partial charge in [-0.1, -0.05) is 31.5 Å². The van der Waals surface area contributed by atoms with Gasteiger partial charge in [-0.05, 0) is 26.8 Å². The van der Waals surface area contributed by atoms with Crippen molar-refractivity contribution >= 4 is 16.7 Å². The molecular weight excluding hydrogens is 320 g/mol. The molecular formula is C20H26O5. The van der Waals surface area contributed by atoms with Crippen molar-refractivity contribution in [2.75, 3.05) is 14.2 Å². The molecule has 0 saturated carbocycles. The van der Waals surface area contributed by atoms with E-state index in [0.29, 0.717) is 23.0 Å². The van der Waals surface area contributed by atoms with Crippen LogP contribution in [0.4, 0.5) is 0 Å². The fraction of sp³-hybridized carbons (Fsp3) is 0.450. The fourth-order valence-corrected chi connectivity index (χ4v) is 2.54. The SMILES string of the molecule is COc1c(OC)c(OC(C)C)c2ccc(C)cc2c1OC(=O)C(C)C. The molecule has 0 N–H and O–H groups in total. The predicted octanol–water partition coefficient (Wildman–Crippen LogP) is 4.51. The maximum absolute atomic E-state index is 12.2. The monoisotopic (exact) mass is 346 g/mol. The topological polar surface area (TPSA) is 54.0 Å². The van der Waals surface area contributed by atoms with Crippen LogP contribution >= 0.6 is 0 Å². The average Bonchev–Trinajstić information content (AvgIpc) is 2.55. The Labute approximate surface area is 148 Å². The normalized spacial score (nSPS) is 11.1. The van der Waals surface area contributed by atoms with Gasteiger partial charge in [0.2, 0.25) is 11.5 Å². The molecule has 2 aromatic carbocycles. The van der Waals surface area contributed by atoms with E-state index in [-0.39, 0.29) is 18.0 Å². The molecule has 0 aromatic heterocycles. The number of aryl methyl sites for hydroxylation is 1. The van der Waals surface area contributed by atoms with Gasteiger partial charge in [0.25, 0.3) is 0 Å². The van der Waals surface area contributed by atoms with E-state index in [4.69, 9.17) is 18.9 Å². The number of carbonyl (C=O) groups is 1. The molecule has 0 heterocycles. The molecule has 0 spiro atoms. The van der Waals surface area contributed by atoms with Gasteiger partial charge in [0.1, 0.15) is 0 Å². The molecule has 136 valence electrons. The number of rotatable bonds is 6. The molecule has 5 heteroatoms. The van der Waals surface area contributed by atoms with Crippen molar-refractivity contribution in [1.82, 2.24) is 0 Å². The van der Waals surface area contributed by atoms with Crippen LogP contribution < -0.4 is 18.9 Å². The Bertz CT molecular complexity index is 777. The third-order valence-corrected chi connectivity index (χ3v) is 3.72. The van der Waals surface area contributed by atoms with E-state index in [1.165, 1.54) is 7.11 Å². The lowest BCUT2D eigenvalue weighted by Gasteiger charge is -2.22. The highest BCUT2D eigenvalue weighted by Crippen LogP contribution is 2.51. The molecule has 2 rings (SSSR count). The molecule has 0 bridgehead atoms. The largest absolute Gasteiger partial charge is 0.490 e. The van der Waals surface area contributed by atoms with Crippen molar-refractivity contribution in [3.63, 3.8) is 0 Å². The van der Waals surface area contributed by atoms with Crippen molar-refractivity contribution in [1.29, 1.82) is 0 Å². The van der Waals surface area contributed by atoms with Gasteiger partial charge in [-0.3, -0.25) is 4.79 Å². The van der Waals surface area contributed by atoms with Crippen LogP contribution in [0.1, 0.15) is 33.3 Å². The minimum atomic E-state index is -0.333. The minimum Gasteiger partial charge on any atom is -0.490 e. The van der Waals surface area contributed by atoms with Gasteiger partial charge in [0.05, 0.1) is 26.2 Å². The van der Waals surface area contributed by atoms with Crippen molar-refractivity contribution in [2.24, 2.45) is 5.92 Å². The maximum atomic E-state index is 12.2. The van der Waals surface area contributed by atoms with E-state index in [1.807, 2.05) is 39.0 Å². The zero-order valence-electron chi connectivity index (χ0n) is 15.9. The van der Waals surface area contributed by atoms with Gasteiger partial charge < -0.3 is 18.9 Å². The van der Waals surface area contributed by atoms with E-state index < -0.39 is 0 Å². The third-order valence-electron chi connectivity index (χ3n) is 3.72. The summed E-state index contributed by atoms with van der Waals surface area (Å²) in [5.41, 5.74) is 1.04. The van der Waals surface area contributed by atoms with Crippen molar-refractivity contribution < 1.29 is 23.7 Å². The molecule has 0 fully saturated rings. The number of hydrogen-bond donors (Lipinski definition) is 0. The highest BCUT2D eigenvalue weighted by Gasteiger charge is 2.26. The smallest absolute Gasteiger partial charge is 0.313 e. The van der Waals surface area contributed by atoms with Crippen LogP contribution in [0.5, 0.6) is 23.0 Å². The molecule has 0 amide bonds. The number of methoxy groups -OCH3 is 2. The molecule has 5 nitrogen and oxygen atoms in total. The first-order valence-electron chi connectivity index (χ1n) is 8.36. The van der Waals surface area contributed by atoms with E-state index >= 15 is 0 Å². The summed E-state index contributed by atoms with van der Waals surface area (Å²) in [4.78, 5) is 12.2. The lowest BCUT2D eigenvalue weighted by atomic mass is 10.0. The summed E-state index contributed by atoms with van der Waals surface area (Å²) in [6.07, 6.45) is -0.0489. The molecule has 2 aromatic rings. The molecule has 0 aliphatic carbocycles. The molecule has 0 aliphatic rings. The van der Waals surface area contributed by atoms with Crippen LogP contribution in [-0.4, -0.2) is 26.3 Å². The predicted molar refractivity (Wildman–Crippen MR) is 98.0 cm³/mol. The fourth-order valence-electron chi connectivity index (χ4n) is 2.54. The Morgan fingerprint density at radius 1 is 0.880 bits per heavy atom. The van der Waals surface area contributed by atoms with Crippen molar-refractivity contribution in [3.8, 4) is 23.0 Å². The van der Waals surface area contributed by atoms with Crippen LogP contribution in [0.3, 0.4) is 0 Å². The molecule has 0 radical (unpaired) electrons. The molecule has 0 aliphatic heterocycles. The quantitative estimate of drug-likeness (QED) is 0.569. The Morgan fingerprint density at radius 3 is 2.00 bits per heavy atom. The lowest BCUT2D eigenvalue weighted by Crippen LogP contribution is -2.16. The Kier molecular flexibility index (Phi) is 5.77. The Balaban J connectivity index is 2.85. The first kappa shape index (κ1) is 18.9. The Hall–Kier alpha value is -2.43. The molecule has 0 atom stereocenters. The summed E-state index contributed by atoms with van der Waals surface area (Å²) in [5, 5.41) is 1.56. The zero-order chi connectivity index (χ0) is 18.7. The van der Waals surface area contributed by atoms with E-state index in [0.717, 1.165) is 16.3 Å². The van der Waals surface area contributed by atoms with E-state index in [1.54, 1.807) is 21.0 Å². The van der Waals surface area contributed by atoms with Crippen LogP contribution in [0.15, 0.2) is 18.2 Å². The highest BCUT2D eigenvalue weighted by molar-refractivity contribution is 6.00. The minimum absolute atomic E-state index is 0.0489. The zero-order valence-corrected chi connectivity index (χ0v) is 15.9. The number of hydrogen-bond acceptors (Lipinski definition) is 5. The standard InChI is InChI=1S/C20H26O5/c1-11(2)20(21)25-17-15-10-13(5)8-9-14(15)16(24-12(3)4)18(22-6)19(17)23-7/h8-12H,1-7H3. The maximum Gasteiger partial charge on any atom is 0.313 e. The summed E-state index contributed by atoms with van der Waals surface area (Å²) in [6.45, 7) is 9.44. The second-order valence-electron chi connectivity index (χ2n) is 6.52. The summed E-state index contributed by atoms with van der Waals surface area (Å²) in [6, 6.07) is 5.87. The van der Waals surface area contributed by atoms with Crippen LogP contribution in [-0.2, 0) is 4.79 Å². The Morgan fingerprint density at radius 2 is 1.48 bits per heavy atom. The summed E-state index contributed by atoms with van der Waals surface area (Å²) in [5.74, 6) is 1.11. The number of esters is 1. The van der Waals surface area contributed by atoms with Gasteiger partial charge in [-0.15, -0.1) is 0 Å². The number of carbonyl (C=O) groups excluding carboxylic acids is 1. The summed E-state index contributed by atoms with van der Waals surface area (Å²) < 4.78 is 22.7. The molecule has 0 saturated heterocycles. The van der Waals surface area contributed by atoms with Crippen LogP contribution in [0.25, 0.3) is 10.8 Å². The first-order chi connectivity index (χ1) is 11.8. The number of fused-ring (bicyclic) bond motifs is 1. The molecule has 25 heavy (non-hydrogen) atoms. The van der Waals surface area contributed by atoms with Crippen LogP contribution in [0, 0.1) is 12.8 Å². The van der Waals surface area contributed by atoms with Gasteiger partial charge in [0.15, 0.2) is 11.5 Å². The summed E-state index contributed by atoms with van der Waals surface area (Å²) >= 11 is 0. The van der Waals surface area contributed by atoms with Gasteiger partial charge in [-0.2, -0.15) is 0 Å². The van der Waals surface area contributed by atoms with Gasteiger partial charge in [0, 0.05) is 10.8 Å². The highest BCUT2D eigenvalue weighted by atomic mass is 16.6. The second-order valence-corrected chi connectivity index (χ2v) is 6.52. The van der Waals surface area contributed by atoms with Crippen LogP contribution in [0.2, 0.25) is 0 Å². The molecule has 0 unspecified atom stereocenters. The van der Waals surface area contributed by atoms with Crippen molar-refractivity contribution in [3.05, 3.63) is 23.8 Å². The average molecular weight is 346 g/mol. The third kappa shape index (κ3) is 3.81. The number of ether oxygens (including phenoxy) is 4. The van der Waals surface area contributed by atoms with Gasteiger partial charge >= 0.3 is 5.97 Å². The van der Waals surface area contributed by atoms with Gasteiger partial charge in [-0.25, -0.2) is 0 Å². The van der Waals surface area contributed by atoms with E-state index in [9.17, 15) is 4.79 Å². The van der Waals surface area contributed by atoms with Crippen molar-refractivity contribution in [2.45, 2.75) is 40.7 Å². The lowest BCUT2D eigenvalue weighted by molar-refractivity contribution is -0.137. The summed E-state index contributed by atoms with van der Waals surface area (Å²) in [7, 11) is 3.06. The first-order valence-corrected chi connectivity index (χ1v) is 8.36. The van der Waals surface area contributed by atoms with E-state index in [2.05, 4.69) is 0 Å².